The Bertz CT molecular complexity index is 1230. The lowest BCUT2D eigenvalue weighted by atomic mass is 10.1. The molecule has 1 saturated heterocycles. The minimum absolute atomic E-state index is 0.0231. The summed E-state index contributed by atoms with van der Waals surface area (Å²) in [5.74, 6) is 0.129. The van der Waals surface area contributed by atoms with E-state index in [9.17, 15) is 13.2 Å². The van der Waals surface area contributed by atoms with Crippen LogP contribution in [0.15, 0.2) is 71.9 Å². The van der Waals surface area contributed by atoms with E-state index < -0.39 is 10.0 Å². The smallest absolute Gasteiger partial charge is 0.262 e. The zero-order valence-corrected chi connectivity index (χ0v) is 18.9. The molecule has 9 heteroatoms. The third kappa shape index (κ3) is 4.56. The average molecular weight is 472 g/mol. The molecule has 2 aromatic carbocycles. The van der Waals surface area contributed by atoms with Crippen molar-refractivity contribution in [3.05, 3.63) is 83.1 Å². The number of amides is 1. The normalized spacial score (nSPS) is 16.1. The third-order valence-electron chi connectivity index (χ3n) is 5.40. The lowest BCUT2D eigenvalue weighted by Gasteiger charge is -2.25. The van der Waals surface area contributed by atoms with Gasteiger partial charge in [-0.2, -0.15) is 0 Å². The summed E-state index contributed by atoms with van der Waals surface area (Å²) in [4.78, 5) is 19.1. The molecular weight excluding hydrogens is 450 g/mol. The van der Waals surface area contributed by atoms with E-state index in [0.717, 1.165) is 18.4 Å². The fraction of sp³-hybridized carbons (Fsp3) is 0.217. The topological polar surface area (TPSA) is 88.6 Å². The van der Waals surface area contributed by atoms with E-state index in [-0.39, 0.29) is 22.5 Å². The van der Waals surface area contributed by atoms with Gasteiger partial charge in [-0.3, -0.25) is 14.5 Å². The minimum atomic E-state index is -3.98. The van der Waals surface area contributed by atoms with Crippen LogP contribution in [0.5, 0.6) is 5.75 Å². The van der Waals surface area contributed by atoms with Gasteiger partial charge < -0.3 is 9.64 Å². The number of rotatable bonds is 6. The molecule has 1 aromatic heterocycles. The number of sulfonamides is 1. The molecule has 7 nitrogen and oxygen atoms in total. The quantitative estimate of drug-likeness (QED) is 0.571. The Balaban J connectivity index is 1.61. The molecule has 32 heavy (non-hydrogen) atoms. The molecule has 0 bridgehead atoms. The first-order chi connectivity index (χ1) is 15.4. The van der Waals surface area contributed by atoms with E-state index in [1.54, 1.807) is 41.6 Å². The van der Waals surface area contributed by atoms with Crippen LogP contribution in [0.4, 0.5) is 5.69 Å². The lowest BCUT2D eigenvalue weighted by Crippen LogP contribution is -2.30. The molecule has 1 fully saturated rings. The first kappa shape index (κ1) is 22.1. The number of halogens is 1. The van der Waals surface area contributed by atoms with Crippen molar-refractivity contribution in [2.45, 2.75) is 23.8 Å². The fourth-order valence-electron chi connectivity index (χ4n) is 3.87. The van der Waals surface area contributed by atoms with Crippen LogP contribution in [0.25, 0.3) is 0 Å². The Hall–Kier alpha value is -3.10. The maximum Gasteiger partial charge on any atom is 0.262 e. The predicted octanol–water partition coefficient (Wildman–Crippen LogP) is 4.52. The molecule has 0 radical (unpaired) electrons. The highest BCUT2D eigenvalue weighted by molar-refractivity contribution is 7.92. The summed E-state index contributed by atoms with van der Waals surface area (Å²) in [5, 5.41) is 0.364. The summed E-state index contributed by atoms with van der Waals surface area (Å²) < 4.78 is 33.8. The van der Waals surface area contributed by atoms with Crippen LogP contribution in [0.1, 0.15) is 34.8 Å². The first-order valence-corrected chi connectivity index (χ1v) is 11.9. The van der Waals surface area contributed by atoms with E-state index in [1.165, 1.54) is 25.3 Å². The van der Waals surface area contributed by atoms with Crippen LogP contribution in [-0.2, 0) is 10.0 Å². The van der Waals surface area contributed by atoms with E-state index in [2.05, 4.69) is 9.71 Å². The Morgan fingerprint density at radius 1 is 1.16 bits per heavy atom. The van der Waals surface area contributed by atoms with Gasteiger partial charge >= 0.3 is 0 Å². The number of likely N-dealkylation sites (tertiary alicyclic amines) is 1. The van der Waals surface area contributed by atoms with Crippen LogP contribution < -0.4 is 9.46 Å². The van der Waals surface area contributed by atoms with Gasteiger partial charge in [0.1, 0.15) is 5.75 Å². The number of ether oxygens (including phenoxy) is 1. The number of anilines is 1. The molecule has 3 aromatic rings. The number of nitrogens with zero attached hydrogens (tertiary/aromatic N) is 2. The largest absolute Gasteiger partial charge is 0.495 e. The molecule has 1 amide bonds. The Kier molecular flexibility index (Phi) is 6.34. The lowest BCUT2D eigenvalue weighted by molar-refractivity contribution is 0.0735. The van der Waals surface area contributed by atoms with Crippen LogP contribution in [-0.4, -0.2) is 37.9 Å². The number of benzene rings is 2. The van der Waals surface area contributed by atoms with Crippen molar-refractivity contribution in [1.82, 2.24) is 9.88 Å². The molecule has 1 aliphatic heterocycles. The zero-order chi connectivity index (χ0) is 22.7. The summed E-state index contributed by atoms with van der Waals surface area (Å²) in [5.41, 5.74) is 1.55. The van der Waals surface area contributed by atoms with Crippen molar-refractivity contribution in [3.63, 3.8) is 0 Å². The van der Waals surface area contributed by atoms with Crippen molar-refractivity contribution in [3.8, 4) is 5.75 Å². The highest BCUT2D eigenvalue weighted by atomic mass is 35.5. The first-order valence-electron chi connectivity index (χ1n) is 10.1. The zero-order valence-electron chi connectivity index (χ0n) is 17.4. The van der Waals surface area contributed by atoms with Crippen molar-refractivity contribution in [1.29, 1.82) is 0 Å². The molecule has 166 valence electrons. The number of hydrogen-bond donors (Lipinski definition) is 1. The number of hydrogen-bond acceptors (Lipinski definition) is 5. The maximum atomic E-state index is 13.3. The van der Waals surface area contributed by atoms with Gasteiger partial charge in [0.25, 0.3) is 15.9 Å². The van der Waals surface area contributed by atoms with E-state index in [1.807, 2.05) is 12.1 Å². The predicted molar refractivity (Wildman–Crippen MR) is 123 cm³/mol. The molecule has 0 spiro atoms. The van der Waals surface area contributed by atoms with Gasteiger partial charge in [0.15, 0.2) is 0 Å². The third-order valence-corrected chi connectivity index (χ3v) is 7.00. The number of aromatic nitrogens is 1. The molecule has 2 heterocycles. The van der Waals surface area contributed by atoms with Crippen molar-refractivity contribution < 1.29 is 17.9 Å². The van der Waals surface area contributed by atoms with E-state index in [4.69, 9.17) is 16.3 Å². The maximum absolute atomic E-state index is 13.3. The highest BCUT2D eigenvalue weighted by Gasteiger charge is 2.31. The fourth-order valence-corrected chi connectivity index (χ4v) is 5.15. The van der Waals surface area contributed by atoms with Gasteiger partial charge in [-0.25, -0.2) is 8.42 Å². The number of carbonyl (C=O) groups is 1. The standard InChI is InChI=1S/C23H22ClN3O4S/c1-31-22-8-7-18(24)15-20(22)26-32(29,30)19-5-2-4-17(14-19)23(28)27-13-3-6-21(27)16-9-11-25-12-10-16/h2,4-5,7-12,14-15,21,26H,3,6,13H2,1H3. The Morgan fingerprint density at radius 2 is 1.94 bits per heavy atom. The van der Waals surface area contributed by atoms with Gasteiger partial charge in [-0.15, -0.1) is 0 Å². The highest BCUT2D eigenvalue weighted by Crippen LogP contribution is 2.33. The molecule has 1 aliphatic rings. The molecular formula is C23H22ClN3O4S. The molecule has 0 saturated carbocycles. The second kappa shape index (κ2) is 9.18. The summed E-state index contributed by atoms with van der Waals surface area (Å²) in [7, 11) is -2.54. The van der Waals surface area contributed by atoms with E-state index in [0.29, 0.717) is 22.9 Å². The number of methoxy groups -OCH3 is 1. The Labute approximate surface area is 192 Å². The van der Waals surface area contributed by atoms with Gasteiger partial charge in [0.05, 0.1) is 23.7 Å². The van der Waals surface area contributed by atoms with Crippen LogP contribution in [0, 0.1) is 0 Å². The van der Waals surface area contributed by atoms with E-state index >= 15 is 0 Å². The van der Waals surface area contributed by atoms with Crippen molar-refractivity contribution in [2.24, 2.45) is 0 Å². The molecule has 1 N–H and O–H groups in total. The van der Waals surface area contributed by atoms with Gasteiger partial charge in [0, 0.05) is 29.5 Å². The second-order valence-corrected chi connectivity index (χ2v) is 9.53. The minimum Gasteiger partial charge on any atom is -0.495 e. The van der Waals surface area contributed by atoms with Gasteiger partial charge in [-0.1, -0.05) is 17.7 Å². The van der Waals surface area contributed by atoms with Crippen molar-refractivity contribution in [2.75, 3.05) is 18.4 Å². The molecule has 1 unspecified atom stereocenters. The second-order valence-electron chi connectivity index (χ2n) is 7.42. The summed E-state index contributed by atoms with van der Waals surface area (Å²) in [6, 6.07) is 14.4. The van der Waals surface area contributed by atoms with Gasteiger partial charge in [0.2, 0.25) is 0 Å². The number of pyridine rings is 1. The summed E-state index contributed by atoms with van der Waals surface area (Å²) >= 11 is 6.01. The van der Waals surface area contributed by atoms with Crippen LogP contribution in [0.3, 0.4) is 0 Å². The monoisotopic (exact) mass is 471 g/mol. The number of carbonyl (C=O) groups excluding carboxylic acids is 1. The van der Waals surface area contributed by atoms with Crippen molar-refractivity contribution >= 4 is 33.2 Å². The SMILES string of the molecule is COc1ccc(Cl)cc1NS(=O)(=O)c1cccc(C(=O)N2CCCC2c2ccncc2)c1. The molecule has 1 atom stereocenters. The Morgan fingerprint density at radius 3 is 2.69 bits per heavy atom. The summed E-state index contributed by atoms with van der Waals surface area (Å²) in [6.07, 6.45) is 5.15. The number of nitrogens with one attached hydrogen (secondary N) is 1. The average Bonchev–Trinajstić information content (AvgIpc) is 3.29. The molecule has 0 aliphatic carbocycles. The van der Waals surface area contributed by atoms with Gasteiger partial charge in [-0.05, 0) is 66.9 Å². The summed E-state index contributed by atoms with van der Waals surface area (Å²) in [6.45, 7) is 0.612. The van der Waals surface area contributed by atoms with Crippen LogP contribution in [0.2, 0.25) is 5.02 Å². The molecule has 4 rings (SSSR count). The van der Waals surface area contributed by atoms with Crippen LogP contribution >= 0.6 is 11.6 Å².